The minimum atomic E-state index is -5.25. The Kier molecular flexibility index (Phi) is 14.4. The van der Waals surface area contributed by atoms with Gasteiger partial charge in [-0.3, -0.25) is 9.13 Å². The Hall–Kier alpha value is -13.0. The van der Waals surface area contributed by atoms with Gasteiger partial charge in [0.2, 0.25) is 0 Å². The maximum absolute atomic E-state index is 16.1. The molecule has 0 fully saturated rings. The van der Waals surface area contributed by atoms with Crippen LogP contribution in [-0.2, 0) is 25.4 Å². The molecule has 0 N–H and O–H groups in total. The SMILES string of the molecule is FC(F)(F)c1cc(-c2c(-n3c4ccccc4c4ccccc43)c(-n3c4ccccc4c4cc(OCCCn5c6ccccc6c6ccccc65)ccc43)nc(-n3c4ccccc4c4cc(OCCCn5c6ccccc6c6ccccc65)ccc43)c2-n2c3ccccc3c3ccccc32)cc(C(F)(F)F)c1. The molecule has 0 aliphatic rings. The Labute approximate surface area is 601 Å². The van der Waals surface area contributed by atoms with Crippen molar-refractivity contribution in [1.82, 2.24) is 32.4 Å². The summed E-state index contributed by atoms with van der Waals surface area (Å²) in [5.41, 5.74) is 6.92. The van der Waals surface area contributed by atoms with E-state index in [9.17, 15) is 0 Å². The molecule has 0 aliphatic heterocycles. The van der Waals surface area contributed by atoms with Crippen LogP contribution in [0.3, 0.4) is 0 Å². The smallest absolute Gasteiger partial charge is 0.416 e. The van der Waals surface area contributed by atoms with Gasteiger partial charge in [-0.15, -0.1) is 0 Å². The molecule has 0 saturated heterocycles. The second-order valence-electron chi connectivity index (χ2n) is 27.2. The Morgan fingerprint density at radius 1 is 0.264 bits per heavy atom. The van der Waals surface area contributed by atoms with Crippen molar-refractivity contribution in [2.24, 2.45) is 0 Å². The summed E-state index contributed by atoms with van der Waals surface area (Å²) in [7, 11) is 0. The van der Waals surface area contributed by atoms with E-state index in [1.54, 1.807) is 0 Å². The van der Waals surface area contributed by atoms with Crippen LogP contribution in [0, 0.1) is 0 Å². The largest absolute Gasteiger partial charge is 0.494 e. The normalized spacial score (nSPS) is 12.5. The quantitative estimate of drug-likeness (QED) is 0.0759. The first-order chi connectivity index (χ1) is 51.9. The predicted octanol–water partition coefficient (Wildman–Crippen LogP) is 24.3. The molecule has 0 spiro atoms. The van der Waals surface area contributed by atoms with Crippen LogP contribution in [0.1, 0.15) is 24.0 Å². The highest BCUT2D eigenvalue weighted by Gasteiger charge is 2.40. The van der Waals surface area contributed by atoms with Crippen molar-refractivity contribution in [2.75, 3.05) is 13.2 Å². The molecule has 514 valence electrons. The van der Waals surface area contributed by atoms with E-state index < -0.39 is 23.5 Å². The van der Waals surface area contributed by atoms with Gasteiger partial charge in [-0.1, -0.05) is 182 Å². The van der Waals surface area contributed by atoms with Crippen LogP contribution < -0.4 is 9.47 Å². The highest BCUT2D eigenvalue weighted by Crippen LogP contribution is 2.51. The molecule has 9 nitrogen and oxygen atoms in total. The first kappa shape index (κ1) is 62.7. The third-order valence-electron chi connectivity index (χ3n) is 21.3. The molecule has 13 aromatic carbocycles. The van der Waals surface area contributed by atoms with Crippen molar-refractivity contribution in [3.05, 3.63) is 308 Å². The zero-order valence-electron chi connectivity index (χ0n) is 56.7. The summed E-state index contributed by atoms with van der Waals surface area (Å²) in [6.45, 7) is 2.16. The summed E-state index contributed by atoms with van der Waals surface area (Å²) in [5.74, 6) is 1.65. The van der Waals surface area contributed by atoms with Gasteiger partial charge in [-0.25, -0.2) is 4.98 Å². The van der Waals surface area contributed by atoms with Crippen LogP contribution in [0.2, 0.25) is 0 Å². The topological polar surface area (TPSA) is 60.9 Å². The van der Waals surface area contributed by atoms with Gasteiger partial charge >= 0.3 is 12.4 Å². The molecule has 0 unspecified atom stereocenters. The number of halogens is 6. The van der Waals surface area contributed by atoms with Gasteiger partial charge in [0, 0.05) is 105 Å². The predicted molar refractivity (Wildman–Crippen MR) is 416 cm³/mol. The summed E-state index contributed by atoms with van der Waals surface area (Å²) >= 11 is 0. The van der Waals surface area contributed by atoms with E-state index in [0.717, 1.165) is 77.3 Å². The molecule has 106 heavy (non-hydrogen) atoms. The standard InChI is InChI=1S/C91H61F6N7O2/c92-90(93,94)57-51-56(52-58(53-57)91(95,96)97)85-86(101-77-37-15-5-27-65(77)66-28-6-16-38-78(66)101)88(103-81-41-19-9-31-69(81)71-54-59(43-45-83(71)103)105-49-21-47-99-73-33-11-1-23-61(73)62-24-2-12-34-74(62)99)98-89(87(85)102-79-39-17-7-29-67(79)68-30-8-18-40-80(68)102)104-82-42-20-10-32-70(82)72-55-60(44-46-84(72)104)106-50-22-48-100-75-35-13-3-25-63(75)64-26-4-14-36-76(64)100/h1-20,23-46,51-55H,21-22,47-50H2. The van der Waals surface area contributed by atoms with Gasteiger partial charge in [0.15, 0.2) is 11.6 Å². The number of hydrogen-bond donors (Lipinski definition) is 0. The average molecular weight is 1400 g/mol. The third kappa shape index (κ3) is 9.89. The molecular weight excluding hydrogens is 1340 g/mol. The molecule has 0 saturated carbocycles. The lowest BCUT2D eigenvalue weighted by atomic mass is 9.95. The van der Waals surface area contributed by atoms with Crippen molar-refractivity contribution in [2.45, 2.75) is 38.3 Å². The van der Waals surface area contributed by atoms with Crippen molar-refractivity contribution in [3.8, 4) is 45.6 Å². The minimum absolute atomic E-state index is 0.0397. The van der Waals surface area contributed by atoms with Gasteiger partial charge in [0.25, 0.3) is 0 Å². The maximum atomic E-state index is 16.1. The second-order valence-corrected chi connectivity index (χ2v) is 27.2. The van der Waals surface area contributed by atoms with Crippen LogP contribution in [0.4, 0.5) is 26.3 Å². The number of pyridine rings is 1. The summed E-state index contributed by atoms with van der Waals surface area (Å²) in [6, 6.07) is 94.3. The monoisotopic (exact) mass is 1400 g/mol. The Bertz CT molecular complexity index is 6360. The Balaban J connectivity index is 0.865. The molecule has 0 radical (unpaired) electrons. The fourth-order valence-corrected chi connectivity index (χ4v) is 16.8. The number of nitrogens with zero attached hydrogens (tertiary/aromatic N) is 7. The zero-order chi connectivity index (χ0) is 71.1. The van der Waals surface area contributed by atoms with Gasteiger partial charge in [0.05, 0.1) is 68.5 Å². The molecule has 0 amide bonds. The van der Waals surface area contributed by atoms with E-state index >= 15 is 26.3 Å². The first-order valence-electron chi connectivity index (χ1n) is 35.5. The Morgan fingerprint density at radius 2 is 0.519 bits per heavy atom. The molecule has 0 aliphatic carbocycles. The van der Waals surface area contributed by atoms with E-state index in [1.807, 2.05) is 200 Å². The number of alkyl halides is 6. The van der Waals surface area contributed by atoms with E-state index in [4.69, 9.17) is 14.5 Å². The minimum Gasteiger partial charge on any atom is -0.494 e. The number of rotatable bonds is 15. The number of aromatic nitrogens is 7. The summed E-state index contributed by atoms with van der Waals surface area (Å²) in [4.78, 5) is 6.20. The summed E-state index contributed by atoms with van der Waals surface area (Å²) < 4.78 is 123. The van der Waals surface area contributed by atoms with Gasteiger partial charge in [-0.05, 0) is 134 Å². The van der Waals surface area contributed by atoms with Crippen LogP contribution >= 0.6 is 0 Å². The van der Waals surface area contributed by atoms with Crippen molar-refractivity contribution < 1.29 is 35.8 Å². The first-order valence-corrected chi connectivity index (χ1v) is 35.5. The van der Waals surface area contributed by atoms with Gasteiger partial charge in [-0.2, -0.15) is 26.3 Å². The number of aryl methyl sites for hydroxylation is 2. The molecule has 7 aromatic heterocycles. The molecular formula is C91H61F6N7O2. The lowest BCUT2D eigenvalue weighted by molar-refractivity contribution is -0.143. The number of para-hydroxylation sites is 10. The third-order valence-corrected chi connectivity index (χ3v) is 21.3. The number of benzene rings is 13. The molecule has 20 aromatic rings. The van der Waals surface area contributed by atoms with Gasteiger partial charge in [0.1, 0.15) is 22.9 Å². The second kappa shape index (κ2) is 24.3. The number of ether oxygens (including phenoxy) is 2. The van der Waals surface area contributed by atoms with E-state index in [0.29, 0.717) is 94.8 Å². The van der Waals surface area contributed by atoms with Gasteiger partial charge < -0.3 is 27.7 Å². The maximum Gasteiger partial charge on any atom is 0.416 e. The van der Waals surface area contributed by atoms with Crippen LogP contribution in [-0.4, -0.2) is 45.6 Å². The highest BCUT2D eigenvalue weighted by molar-refractivity contribution is 6.17. The molecule has 0 bridgehead atoms. The molecule has 0 atom stereocenters. The van der Waals surface area contributed by atoms with Crippen LogP contribution in [0.25, 0.3) is 165 Å². The fraction of sp³-hybridized carbons (Fsp3) is 0.0879. The van der Waals surface area contributed by atoms with Crippen molar-refractivity contribution in [1.29, 1.82) is 0 Å². The Morgan fingerprint density at radius 3 is 0.821 bits per heavy atom. The zero-order valence-corrected chi connectivity index (χ0v) is 56.7. The highest BCUT2D eigenvalue weighted by atomic mass is 19.4. The lowest BCUT2D eigenvalue weighted by Crippen LogP contribution is -2.17. The van der Waals surface area contributed by atoms with E-state index in [1.165, 1.54) is 21.5 Å². The summed E-state index contributed by atoms with van der Waals surface area (Å²) in [5, 5.41) is 11.1. The van der Waals surface area contributed by atoms with Crippen molar-refractivity contribution >= 4 is 131 Å². The van der Waals surface area contributed by atoms with E-state index in [-0.39, 0.29) is 40.2 Å². The number of hydrogen-bond acceptors (Lipinski definition) is 3. The fourth-order valence-electron chi connectivity index (χ4n) is 16.8. The molecule has 15 heteroatoms. The van der Waals surface area contributed by atoms with Crippen molar-refractivity contribution in [3.63, 3.8) is 0 Å². The molecule has 20 rings (SSSR count). The van der Waals surface area contributed by atoms with E-state index in [2.05, 4.69) is 106 Å². The van der Waals surface area contributed by atoms with Crippen LogP contribution in [0.15, 0.2) is 297 Å². The molecule has 7 heterocycles. The van der Waals surface area contributed by atoms with Crippen LogP contribution in [0.5, 0.6) is 11.5 Å². The summed E-state index contributed by atoms with van der Waals surface area (Å²) in [6.07, 6.45) is -9.12. The number of fused-ring (bicyclic) bond motifs is 18. The lowest BCUT2D eigenvalue weighted by Gasteiger charge is -2.27. The average Bonchev–Trinajstić information content (AvgIpc) is 1.49.